The van der Waals surface area contributed by atoms with Crippen molar-refractivity contribution >= 4 is 9.53 Å². The average Bonchev–Trinajstić information content (AvgIpc) is 2.05. The summed E-state index contributed by atoms with van der Waals surface area (Å²) in [5, 5.41) is 8.33. The third kappa shape index (κ3) is 5.03. The Morgan fingerprint density at radius 1 is 1.33 bits per heavy atom. The quantitative estimate of drug-likeness (QED) is 0.713. The number of nitrogens with two attached hydrogens (primary N) is 1. The molecule has 0 radical (unpaired) electrons. The van der Waals surface area contributed by atoms with Gasteiger partial charge in [-0.3, -0.25) is 4.55 Å². The fourth-order valence-electron chi connectivity index (χ4n) is 1.36. The zero-order valence-electron chi connectivity index (χ0n) is 9.06. The molecule has 4 nitrogen and oxygen atoms in total. The first-order valence-corrected chi connectivity index (χ1v) is 7.23. The molecule has 0 aliphatic rings. The summed E-state index contributed by atoms with van der Waals surface area (Å²) in [6.45, 7) is 0.785. The van der Waals surface area contributed by atoms with Gasteiger partial charge in [0.05, 0.1) is 5.75 Å². The van der Waals surface area contributed by atoms with Gasteiger partial charge in [-0.2, -0.15) is 4.21 Å². The molecule has 86 valence electrons. The molecule has 1 aromatic rings. The maximum absolute atomic E-state index is 11.5. The standard InChI is InChI=1S/C10H18N2O2S/c1-12-7-9-3-5-10(6-4-9)8-15(2,11,13)14/h3-6,12H,7-8H2,1-2H3,(H3,11,13,14). The number of nitrogens with one attached hydrogen (secondary N) is 1. The smallest absolute Gasteiger partial charge is 0.0722 e. The van der Waals surface area contributed by atoms with Crippen molar-refractivity contribution in [3.8, 4) is 0 Å². The molecule has 4 N–H and O–H groups in total. The molecule has 0 saturated carbocycles. The largest absolute Gasteiger partial charge is 0.316 e. The Labute approximate surface area is 90.2 Å². The van der Waals surface area contributed by atoms with Gasteiger partial charge >= 0.3 is 0 Å². The Morgan fingerprint density at radius 2 is 1.80 bits per heavy atom. The van der Waals surface area contributed by atoms with Crippen LogP contribution in [0.5, 0.6) is 0 Å². The molecule has 5 heteroatoms. The molecule has 0 saturated heterocycles. The van der Waals surface area contributed by atoms with E-state index in [1.807, 2.05) is 31.3 Å². The van der Waals surface area contributed by atoms with Crippen LogP contribution in [0.25, 0.3) is 0 Å². The van der Waals surface area contributed by atoms with Crippen molar-refractivity contribution in [2.75, 3.05) is 13.3 Å². The highest BCUT2D eigenvalue weighted by molar-refractivity contribution is 8.11. The molecular weight excluding hydrogens is 212 g/mol. The molecule has 0 amide bonds. The SMILES string of the molecule is CNCc1ccc(CS(C)(N)(=O)O)cc1. The van der Waals surface area contributed by atoms with Crippen molar-refractivity contribution in [1.82, 2.24) is 5.32 Å². The summed E-state index contributed by atoms with van der Waals surface area (Å²) in [5.41, 5.74) is 1.91. The van der Waals surface area contributed by atoms with Crippen LogP contribution in [0.15, 0.2) is 24.3 Å². The highest BCUT2D eigenvalue weighted by Crippen LogP contribution is 2.16. The lowest BCUT2D eigenvalue weighted by Crippen LogP contribution is -2.42. The van der Waals surface area contributed by atoms with Crippen molar-refractivity contribution in [1.29, 1.82) is 0 Å². The van der Waals surface area contributed by atoms with E-state index in [1.54, 1.807) is 0 Å². The van der Waals surface area contributed by atoms with Crippen LogP contribution < -0.4 is 10.5 Å². The minimum absolute atomic E-state index is 0.00294. The fourth-order valence-corrected chi connectivity index (χ4v) is 2.37. The normalized spacial score (nSPS) is 14.5. The molecule has 0 unspecified atom stereocenters. The van der Waals surface area contributed by atoms with E-state index in [4.69, 9.17) is 5.14 Å². The maximum Gasteiger partial charge on any atom is 0.0722 e. The summed E-state index contributed by atoms with van der Waals surface area (Å²) in [6.07, 6.45) is 1.18. The highest BCUT2D eigenvalue weighted by Gasteiger charge is 2.14. The molecule has 0 aromatic heterocycles. The van der Waals surface area contributed by atoms with Crippen molar-refractivity contribution in [3.05, 3.63) is 35.4 Å². The lowest BCUT2D eigenvalue weighted by Gasteiger charge is -2.33. The van der Waals surface area contributed by atoms with E-state index in [-0.39, 0.29) is 5.75 Å². The van der Waals surface area contributed by atoms with Gasteiger partial charge in [0.2, 0.25) is 0 Å². The predicted molar refractivity (Wildman–Crippen MR) is 63.8 cm³/mol. The van der Waals surface area contributed by atoms with Gasteiger partial charge in [-0.1, -0.05) is 24.3 Å². The molecule has 0 heterocycles. The minimum Gasteiger partial charge on any atom is -0.316 e. The second-order valence-electron chi connectivity index (χ2n) is 4.05. The first-order valence-electron chi connectivity index (χ1n) is 4.66. The molecule has 0 spiro atoms. The van der Waals surface area contributed by atoms with E-state index >= 15 is 0 Å². The van der Waals surface area contributed by atoms with E-state index in [1.165, 1.54) is 6.26 Å². The van der Waals surface area contributed by atoms with Crippen LogP contribution >= 0.6 is 0 Å². The van der Waals surface area contributed by atoms with Crippen LogP contribution in [-0.4, -0.2) is 22.1 Å². The molecule has 1 rings (SSSR count). The van der Waals surface area contributed by atoms with Gasteiger partial charge in [-0.25, -0.2) is 5.14 Å². The van der Waals surface area contributed by atoms with Crippen LogP contribution in [0, 0.1) is 0 Å². The van der Waals surface area contributed by atoms with Crippen LogP contribution in [0.3, 0.4) is 0 Å². The molecule has 0 fully saturated rings. The lowest BCUT2D eigenvalue weighted by atomic mass is 10.1. The third-order valence-corrected chi connectivity index (χ3v) is 2.96. The highest BCUT2D eigenvalue weighted by atomic mass is 32.3. The zero-order valence-corrected chi connectivity index (χ0v) is 9.88. The molecule has 15 heavy (non-hydrogen) atoms. The first kappa shape index (κ1) is 12.3. The van der Waals surface area contributed by atoms with Crippen molar-refractivity contribution in [3.63, 3.8) is 0 Å². The second kappa shape index (κ2) is 4.02. The second-order valence-corrected chi connectivity index (χ2v) is 7.47. The van der Waals surface area contributed by atoms with Crippen molar-refractivity contribution in [2.45, 2.75) is 12.3 Å². The molecule has 1 aromatic carbocycles. The van der Waals surface area contributed by atoms with E-state index in [9.17, 15) is 8.76 Å². The van der Waals surface area contributed by atoms with Crippen LogP contribution in [0.1, 0.15) is 11.1 Å². The Morgan fingerprint density at radius 3 is 2.20 bits per heavy atom. The number of hydrogen-bond donors (Lipinski definition) is 3. The Hall–Kier alpha value is -0.750. The van der Waals surface area contributed by atoms with Crippen LogP contribution in [0.2, 0.25) is 0 Å². The molecular formula is C10H18N2O2S. The van der Waals surface area contributed by atoms with Gasteiger partial charge in [0, 0.05) is 12.8 Å². The lowest BCUT2D eigenvalue weighted by molar-refractivity contribution is 0.519. The van der Waals surface area contributed by atoms with Gasteiger partial charge in [0.15, 0.2) is 0 Å². The van der Waals surface area contributed by atoms with Gasteiger partial charge in [-0.15, -0.1) is 9.53 Å². The molecule has 0 bridgehead atoms. The molecule has 0 aliphatic carbocycles. The molecule has 0 atom stereocenters. The summed E-state index contributed by atoms with van der Waals surface area (Å²) >= 11 is 0. The maximum atomic E-state index is 11.5. The summed E-state index contributed by atoms with van der Waals surface area (Å²) in [7, 11) is -2.05. The summed E-state index contributed by atoms with van der Waals surface area (Å²) < 4.78 is 20.9. The monoisotopic (exact) mass is 230 g/mol. The van der Waals surface area contributed by atoms with Crippen LogP contribution in [-0.2, 0) is 21.8 Å². The number of hydrogen-bond acceptors (Lipinski definition) is 2. The summed E-state index contributed by atoms with van der Waals surface area (Å²) in [6, 6.07) is 7.49. The summed E-state index contributed by atoms with van der Waals surface area (Å²) in [4.78, 5) is 0. The van der Waals surface area contributed by atoms with Gasteiger partial charge < -0.3 is 5.32 Å². The average molecular weight is 230 g/mol. The predicted octanol–water partition coefficient (Wildman–Crippen LogP) is 0.703. The van der Waals surface area contributed by atoms with Crippen molar-refractivity contribution < 1.29 is 8.76 Å². The Kier molecular flexibility index (Phi) is 3.30. The van der Waals surface area contributed by atoms with Crippen molar-refractivity contribution in [2.24, 2.45) is 5.14 Å². The van der Waals surface area contributed by atoms with Gasteiger partial charge in [0.1, 0.15) is 0 Å². The van der Waals surface area contributed by atoms with E-state index in [2.05, 4.69) is 5.32 Å². The third-order valence-electron chi connectivity index (χ3n) is 1.92. The first-order chi connectivity index (χ1) is 6.76. The minimum atomic E-state index is -3.92. The van der Waals surface area contributed by atoms with E-state index in [0.29, 0.717) is 0 Å². The Balaban J connectivity index is 2.78. The van der Waals surface area contributed by atoms with Gasteiger partial charge in [-0.05, 0) is 18.2 Å². The molecule has 0 aliphatic heterocycles. The van der Waals surface area contributed by atoms with Gasteiger partial charge in [0.25, 0.3) is 0 Å². The fraction of sp³-hybridized carbons (Fsp3) is 0.400. The van der Waals surface area contributed by atoms with Crippen LogP contribution in [0.4, 0.5) is 0 Å². The number of benzene rings is 1. The van der Waals surface area contributed by atoms with E-state index in [0.717, 1.165) is 17.7 Å². The topological polar surface area (TPSA) is 75.3 Å². The Bertz CT molecular complexity index is 383. The number of rotatable bonds is 4. The zero-order chi connectivity index (χ0) is 11.6. The van der Waals surface area contributed by atoms with E-state index < -0.39 is 9.53 Å². The summed E-state index contributed by atoms with van der Waals surface area (Å²) in [5.74, 6) is -0.00294.